The summed E-state index contributed by atoms with van der Waals surface area (Å²) < 4.78 is 39.2. The van der Waals surface area contributed by atoms with Gasteiger partial charge in [0, 0.05) is 13.2 Å². The topological polar surface area (TPSA) is 147 Å². The third-order valence-electron chi connectivity index (χ3n) is 4.45. The van der Waals surface area contributed by atoms with Crippen LogP contribution in [0.4, 0.5) is 0 Å². The Morgan fingerprint density at radius 1 is 1.27 bits per heavy atom. The van der Waals surface area contributed by atoms with Gasteiger partial charge in [0.05, 0.1) is 16.8 Å². The number of carbonyl (C=O) groups is 2. The zero-order valence-corrected chi connectivity index (χ0v) is 17.3. The second-order valence-corrected chi connectivity index (χ2v) is 8.24. The van der Waals surface area contributed by atoms with Gasteiger partial charge in [0.1, 0.15) is 28.7 Å². The van der Waals surface area contributed by atoms with Crippen LogP contribution in [0, 0.1) is 13.8 Å². The maximum atomic E-state index is 12.7. The zero-order chi connectivity index (χ0) is 22.1. The quantitative estimate of drug-likeness (QED) is 0.574. The number of aryl methyl sites for hydroxylation is 3. The van der Waals surface area contributed by atoms with Crippen molar-refractivity contribution in [3.05, 3.63) is 64.8 Å². The maximum Gasteiger partial charge on any atom is 0.268 e. The van der Waals surface area contributed by atoms with Crippen LogP contribution in [-0.4, -0.2) is 30.0 Å². The van der Waals surface area contributed by atoms with Crippen LogP contribution >= 0.6 is 0 Å². The summed E-state index contributed by atoms with van der Waals surface area (Å²) in [5, 5.41) is 3.84. The Bertz CT molecular complexity index is 1210. The lowest BCUT2D eigenvalue weighted by Gasteiger charge is -2.11. The van der Waals surface area contributed by atoms with Crippen LogP contribution < -0.4 is 15.2 Å². The molecule has 0 aliphatic rings. The lowest BCUT2D eigenvalue weighted by Crippen LogP contribution is -2.30. The van der Waals surface area contributed by atoms with Crippen molar-refractivity contribution < 1.29 is 27.3 Å². The van der Waals surface area contributed by atoms with Gasteiger partial charge in [0.2, 0.25) is 0 Å². The van der Waals surface area contributed by atoms with Crippen LogP contribution in [0.1, 0.15) is 37.9 Å². The van der Waals surface area contributed by atoms with Gasteiger partial charge in [-0.1, -0.05) is 17.3 Å². The van der Waals surface area contributed by atoms with E-state index in [1.807, 2.05) is 4.72 Å². The minimum absolute atomic E-state index is 0.00832. The molecule has 0 saturated heterocycles. The maximum absolute atomic E-state index is 12.7. The predicted molar refractivity (Wildman–Crippen MR) is 105 cm³/mol. The summed E-state index contributed by atoms with van der Waals surface area (Å²) in [4.78, 5) is 23.8. The van der Waals surface area contributed by atoms with Gasteiger partial charge >= 0.3 is 0 Å². The number of para-hydroxylation sites is 1. The monoisotopic (exact) mass is 432 g/mol. The fourth-order valence-electron chi connectivity index (χ4n) is 2.80. The molecule has 2 aromatic heterocycles. The first kappa shape index (κ1) is 21.1. The highest BCUT2D eigenvalue weighted by molar-refractivity contribution is 7.90. The van der Waals surface area contributed by atoms with Crippen molar-refractivity contribution in [2.75, 3.05) is 0 Å². The van der Waals surface area contributed by atoms with E-state index < -0.39 is 21.8 Å². The molecule has 158 valence electrons. The average Bonchev–Trinajstić information content (AvgIpc) is 3.23. The lowest BCUT2D eigenvalue weighted by atomic mass is 10.2. The first-order chi connectivity index (χ1) is 14.1. The van der Waals surface area contributed by atoms with Gasteiger partial charge in [0.15, 0.2) is 0 Å². The molecule has 2 heterocycles. The van der Waals surface area contributed by atoms with Crippen LogP contribution in [0.25, 0.3) is 0 Å². The van der Waals surface area contributed by atoms with Crippen molar-refractivity contribution in [1.82, 2.24) is 14.4 Å². The van der Waals surface area contributed by atoms with E-state index >= 15 is 0 Å². The first-order valence-electron chi connectivity index (χ1n) is 8.77. The summed E-state index contributed by atoms with van der Waals surface area (Å²) in [7, 11) is -2.77. The smallest absolute Gasteiger partial charge is 0.268 e. The van der Waals surface area contributed by atoms with Crippen molar-refractivity contribution >= 4 is 21.8 Å². The number of sulfonamides is 1. The summed E-state index contributed by atoms with van der Waals surface area (Å²) in [6, 6.07) is 7.32. The van der Waals surface area contributed by atoms with Crippen molar-refractivity contribution in [3.8, 4) is 5.75 Å². The van der Waals surface area contributed by atoms with Gasteiger partial charge in [0.25, 0.3) is 21.8 Å². The third kappa shape index (κ3) is 4.20. The number of nitrogens with one attached hydrogen (secondary N) is 1. The molecule has 3 N–H and O–H groups in total. The lowest BCUT2D eigenvalue weighted by molar-refractivity contribution is 0.0973. The fraction of sp³-hybridized carbons (Fsp3) is 0.211. The summed E-state index contributed by atoms with van der Waals surface area (Å²) in [6.45, 7) is 3.60. The standard InChI is InChI=1S/C19H20N4O6S/c1-11-15(12(2)29-21-11)10-28-17-7-5-4-6-14(17)19(25)22-30(26,27)13-8-16(18(20)24)23(3)9-13/h4-9H,10H2,1-3H3,(H2,20,24)(H,22,25). The summed E-state index contributed by atoms with van der Waals surface area (Å²) in [5.41, 5.74) is 6.62. The van der Waals surface area contributed by atoms with E-state index in [9.17, 15) is 18.0 Å². The minimum atomic E-state index is -4.24. The van der Waals surface area contributed by atoms with Gasteiger partial charge in [-0.25, -0.2) is 13.1 Å². The van der Waals surface area contributed by atoms with Crippen molar-refractivity contribution in [3.63, 3.8) is 0 Å². The molecule has 10 nitrogen and oxygen atoms in total. The van der Waals surface area contributed by atoms with Crippen molar-refractivity contribution in [2.24, 2.45) is 12.8 Å². The molecule has 2 amide bonds. The van der Waals surface area contributed by atoms with Gasteiger partial charge < -0.3 is 19.6 Å². The number of ether oxygens (including phenoxy) is 1. The first-order valence-corrected chi connectivity index (χ1v) is 10.3. The molecule has 30 heavy (non-hydrogen) atoms. The Balaban J connectivity index is 1.82. The van der Waals surface area contributed by atoms with E-state index in [2.05, 4.69) is 5.16 Å². The van der Waals surface area contributed by atoms with Crippen LogP contribution in [-0.2, 0) is 23.7 Å². The molecule has 3 aromatic rings. The van der Waals surface area contributed by atoms with Gasteiger partial charge in [-0.3, -0.25) is 9.59 Å². The largest absolute Gasteiger partial charge is 0.488 e. The summed E-state index contributed by atoms with van der Waals surface area (Å²) >= 11 is 0. The molecule has 0 fully saturated rings. The molecular weight excluding hydrogens is 412 g/mol. The van der Waals surface area contributed by atoms with E-state index in [1.54, 1.807) is 32.0 Å². The normalized spacial score (nSPS) is 11.3. The van der Waals surface area contributed by atoms with E-state index in [1.165, 1.54) is 23.9 Å². The minimum Gasteiger partial charge on any atom is -0.488 e. The Morgan fingerprint density at radius 2 is 1.97 bits per heavy atom. The van der Waals surface area contributed by atoms with E-state index in [0.29, 0.717) is 11.5 Å². The Labute approximate surface area is 172 Å². The molecule has 11 heteroatoms. The van der Waals surface area contributed by atoms with E-state index in [-0.39, 0.29) is 28.5 Å². The number of amides is 2. The molecule has 1 aromatic carbocycles. The molecule has 0 unspecified atom stereocenters. The van der Waals surface area contributed by atoms with Gasteiger partial charge in [-0.05, 0) is 32.0 Å². The fourth-order valence-corrected chi connectivity index (χ4v) is 3.84. The summed E-state index contributed by atoms with van der Waals surface area (Å²) in [6.07, 6.45) is 1.19. The molecule has 0 aliphatic heterocycles. The molecule has 0 bridgehead atoms. The van der Waals surface area contributed by atoms with Crippen molar-refractivity contribution in [2.45, 2.75) is 25.3 Å². The number of benzene rings is 1. The molecule has 3 rings (SSSR count). The van der Waals surface area contributed by atoms with E-state index in [4.69, 9.17) is 15.0 Å². The number of nitrogens with two attached hydrogens (primary N) is 1. The molecule has 0 radical (unpaired) electrons. The van der Waals surface area contributed by atoms with Gasteiger partial charge in [-0.15, -0.1) is 0 Å². The highest BCUT2D eigenvalue weighted by atomic mass is 32.2. The highest BCUT2D eigenvalue weighted by Crippen LogP contribution is 2.22. The van der Waals surface area contributed by atoms with Crippen LogP contribution in [0.15, 0.2) is 45.9 Å². The number of aromatic nitrogens is 2. The number of hydrogen-bond donors (Lipinski definition) is 2. The molecular formula is C19H20N4O6S. The van der Waals surface area contributed by atoms with Crippen LogP contribution in [0.2, 0.25) is 0 Å². The SMILES string of the molecule is Cc1noc(C)c1COc1ccccc1C(=O)NS(=O)(=O)c1cc(C(N)=O)n(C)c1. The number of hydrogen-bond acceptors (Lipinski definition) is 7. The Hall–Kier alpha value is -3.60. The van der Waals surface area contributed by atoms with Crippen LogP contribution in [0.3, 0.4) is 0 Å². The molecule has 0 atom stereocenters. The third-order valence-corrected chi connectivity index (χ3v) is 5.75. The number of primary amides is 1. The second kappa shape index (κ2) is 8.03. The number of nitrogens with zero attached hydrogens (tertiary/aromatic N) is 2. The second-order valence-electron chi connectivity index (χ2n) is 6.56. The van der Waals surface area contributed by atoms with Crippen LogP contribution in [0.5, 0.6) is 5.75 Å². The van der Waals surface area contributed by atoms with Crippen molar-refractivity contribution in [1.29, 1.82) is 0 Å². The Morgan fingerprint density at radius 3 is 2.57 bits per heavy atom. The molecule has 0 aliphatic carbocycles. The molecule has 0 spiro atoms. The molecule has 0 saturated carbocycles. The highest BCUT2D eigenvalue weighted by Gasteiger charge is 2.24. The predicted octanol–water partition coefficient (Wildman–Crippen LogP) is 1.43. The number of carbonyl (C=O) groups excluding carboxylic acids is 2. The van der Waals surface area contributed by atoms with Gasteiger partial charge in [-0.2, -0.15) is 0 Å². The average molecular weight is 432 g/mol. The Kier molecular flexibility index (Phi) is 5.65. The summed E-state index contributed by atoms with van der Waals surface area (Å²) in [5.74, 6) is -0.889. The van der Waals surface area contributed by atoms with E-state index in [0.717, 1.165) is 11.6 Å². The zero-order valence-electron chi connectivity index (χ0n) is 16.5. The number of rotatable bonds is 7.